The summed E-state index contributed by atoms with van der Waals surface area (Å²) >= 11 is 0. The van der Waals surface area contributed by atoms with Gasteiger partial charge in [0.15, 0.2) is 12.5 Å². The molecule has 0 saturated carbocycles. The highest BCUT2D eigenvalue weighted by Gasteiger charge is 2.42. The van der Waals surface area contributed by atoms with Gasteiger partial charge in [-0.3, -0.25) is 5.32 Å². The van der Waals surface area contributed by atoms with E-state index in [0.29, 0.717) is 6.54 Å². The zero-order chi connectivity index (χ0) is 7.07. The number of rotatable bonds is 0. The van der Waals surface area contributed by atoms with Crippen molar-refractivity contribution in [3.05, 3.63) is 0 Å². The lowest BCUT2D eigenvalue weighted by atomic mass is 9.91. The molecule has 0 spiro atoms. The van der Waals surface area contributed by atoms with Gasteiger partial charge < -0.3 is 0 Å². The van der Waals surface area contributed by atoms with Gasteiger partial charge in [0.1, 0.15) is 0 Å². The van der Waals surface area contributed by atoms with Crippen LogP contribution >= 0.6 is 0 Å². The van der Waals surface area contributed by atoms with E-state index < -0.39 is 17.9 Å². The first kappa shape index (κ1) is 6.93. The van der Waals surface area contributed by atoms with Crippen LogP contribution in [0.3, 0.4) is 0 Å². The first-order valence-corrected chi connectivity index (χ1v) is 3.05. The largest absolute Gasteiger partial charge is 0.285 e. The third-order valence-corrected chi connectivity index (χ3v) is 1.76. The summed E-state index contributed by atoms with van der Waals surface area (Å²) < 4.78 is 25.0. The maximum atomic E-state index is 12.7. The van der Waals surface area contributed by atoms with Gasteiger partial charge >= 0.3 is 0 Å². The van der Waals surface area contributed by atoms with Crippen LogP contribution in [-0.2, 0) is 0 Å². The van der Waals surface area contributed by atoms with Crippen molar-refractivity contribution >= 4 is 0 Å². The molecule has 1 aliphatic rings. The molecule has 1 aliphatic heterocycles. The van der Waals surface area contributed by atoms with E-state index in [-0.39, 0.29) is 0 Å². The molecule has 1 N–H and O–H groups in total. The van der Waals surface area contributed by atoms with Gasteiger partial charge in [-0.15, -0.1) is 0 Å². The van der Waals surface area contributed by atoms with Gasteiger partial charge in [-0.2, -0.15) is 0 Å². The summed E-state index contributed by atoms with van der Waals surface area (Å²) in [4.78, 5) is 0. The predicted octanol–water partition coefficient (Wildman–Crippen LogP) is 1.25. The number of hydrogen-bond acceptors (Lipinski definition) is 1. The van der Waals surface area contributed by atoms with Gasteiger partial charge in [0.2, 0.25) is 0 Å². The fourth-order valence-corrected chi connectivity index (χ4v) is 0.958. The van der Waals surface area contributed by atoms with Crippen LogP contribution in [0.25, 0.3) is 0 Å². The van der Waals surface area contributed by atoms with Gasteiger partial charge in [-0.25, -0.2) is 8.78 Å². The monoisotopic (exact) mass is 135 g/mol. The molecular weight excluding hydrogens is 124 g/mol. The van der Waals surface area contributed by atoms with E-state index in [2.05, 4.69) is 5.32 Å². The van der Waals surface area contributed by atoms with Crippen molar-refractivity contribution in [2.75, 3.05) is 6.54 Å². The minimum atomic E-state index is -1.46. The Hall–Kier alpha value is -0.180. The lowest BCUT2D eigenvalue weighted by Crippen LogP contribution is -2.26. The van der Waals surface area contributed by atoms with Gasteiger partial charge in [-0.1, -0.05) is 13.8 Å². The van der Waals surface area contributed by atoms with E-state index in [0.717, 1.165) is 0 Å². The van der Waals surface area contributed by atoms with Crippen molar-refractivity contribution in [2.24, 2.45) is 5.41 Å². The Balaban J connectivity index is 2.62. The second kappa shape index (κ2) is 1.90. The average Bonchev–Trinajstić information content (AvgIpc) is 1.97. The van der Waals surface area contributed by atoms with E-state index in [1.165, 1.54) is 0 Å². The molecule has 1 heterocycles. The minimum absolute atomic E-state index is 0.426. The van der Waals surface area contributed by atoms with Crippen molar-refractivity contribution in [1.82, 2.24) is 5.32 Å². The molecule has 3 heteroatoms. The molecule has 2 unspecified atom stereocenters. The Morgan fingerprint density at radius 2 is 2.00 bits per heavy atom. The Kier molecular flexibility index (Phi) is 1.47. The zero-order valence-electron chi connectivity index (χ0n) is 5.62. The average molecular weight is 135 g/mol. The fourth-order valence-electron chi connectivity index (χ4n) is 0.958. The van der Waals surface area contributed by atoms with Crippen LogP contribution in [0, 0.1) is 5.41 Å². The summed E-state index contributed by atoms with van der Waals surface area (Å²) in [6.45, 7) is 3.85. The molecule has 54 valence electrons. The van der Waals surface area contributed by atoms with Crippen molar-refractivity contribution in [3.8, 4) is 0 Å². The molecule has 2 atom stereocenters. The molecular formula is C6H11F2N. The molecule has 0 aromatic heterocycles. The molecule has 9 heavy (non-hydrogen) atoms. The van der Waals surface area contributed by atoms with Crippen LogP contribution in [0.2, 0.25) is 0 Å². The van der Waals surface area contributed by atoms with Crippen LogP contribution in [-0.4, -0.2) is 19.0 Å². The van der Waals surface area contributed by atoms with Crippen molar-refractivity contribution in [2.45, 2.75) is 26.3 Å². The van der Waals surface area contributed by atoms with Gasteiger partial charge in [-0.05, 0) is 0 Å². The summed E-state index contributed by atoms with van der Waals surface area (Å²) in [6, 6.07) is 0. The number of alkyl halides is 2. The lowest BCUT2D eigenvalue weighted by molar-refractivity contribution is 0.115. The van der Waals surface area contributed by atoms with Crippen LogP contribution in [0.15, 0.2) is 0 Å². The van der Waals surface area contributed by atoms with Crippen molar-refractivity contribution < 1.29 is 8.78 Å². The SMILES string of the molecule is CC1(C)CNC(F)C1F. The molecule has 1 saturated heterocycles. The van der Waals surface area contributed by atoms with E-state index in [9.17, 15) is 8.78 Å². The highest BCUT2D eigenvalue weighted by Crippen LogP contribution is 2.30. The second-order valence-electron chi connectivity index (χ2n) is 3.17. The van der Waals surface area contributed by atoms with Gasteiger partial charge in [0.25, 0.3) is 0 Å². The lowest BCUT2D eigenvalue weighted by Gasteiger charge is -2.18. The van der Waals surface area contributed by atoms with Gasteiger partial charge in [0, 0.05) is 12.0 Å². The third-order valence-electron chi connectivity index (χ3n) is 1.76. The number of hydrogen-bond donors (Lipinski definition) is 1. The molecule has 1 nitrogen and oxygen atoms in total. The summed E-state index contributed by atoms with van der Waals surface area (Å²) in [5.41, 5.74) is -0.528. The highest BCUT2D eigenvalue weighted by atomic mass is 19.2. The summed E-state index contributed by atoms with van der Waals surface area (Å²) in [6.07, 6.45) is -2.81. The molecule has 0 radical (unpaired) electrons. The summed E-state index contributed by atoms with van der Waals surface area (Å²) in [5.74, 6) is 0. The van der Waals surface area contributed by atoms with Crippen LogP contribution < -0.4 is 5.32 Å². The number of nitrogens with one attached hydrogen (secondary N) is 1. The van der Waals surface area contributed by atoms with E-state index in [1.807, 2.05) is 0 Å². The van der Waals surface area contributed by atoms with E-state index >= 15 is 0 Å². The fraction of sp³-hybridized carbons (Fsp3) is 1.00. The maximum absolute atomic E-state index is 12.7. The maximum Gasteiger partial charge on any atom is 0.183 e. The van der Waals surface area contributed by atoms with E-state index in [1.54, 1.807) is 13.8 Å². The minimum Gasteiger partial charge on any atom is -0.285 e. The normalized spacial score (nSPS) is 41.3. The molecule has 0 aromatic rings. The van der Waals surface area contributed by atoms with Crippen molar-refractivity contribution in [3.63, 3.8) is 0 Å². The highest BCUT2D eigenvalue weighted by molar-refractivity contribution is 4.91. The summed E-state index contributed by atoms with van der Waals surface area (Å²) in [7, 11) is 0. The first-order valence-electron chi connectivity index (χ1n) is 3.05. The van der Waals surface area contributed by atoms with Crippen LogP contribution in [0.5, 0.6) is 0 Å². The molecule has 1 rings (SSSR count). The zero-order valence-corrected chi connectivity index (χ0v) is 5.62. The quantitative estimate of drug-likeness (QED) is 0.493. The van der Waals surface area contributed by atoms with Crippen molar-refractivity contribution in [1.29, 1.82) is 0 Å². The number of halogens is 2. The molecule has 0 aliphatic carbocycles. The molecule has 0 bridgehead atoms. The second-order valence-corrected chi connectivity index (χ2v) is 3.17. The Bertz CT molecular complexity index is 114. The Morgan fingerprint density at radius 3 is 2.11 bits per heavy atom. The Morgan fingerprint density at radius 1 is 1.44 bits per heavy atom. The third kappa shape index (κ3) is 1.06. The van der Waals surface area contributed by atoms with Gasteiger partial charge in [0.05, 0.1) is 0 Å². The molecule has 0 amide bonds. The Labute approximate surface area is 53.4 Å². The summed E-state index contributed by atoms with van der Waals surface area (Å²) in [5, 5.41) is 2.42. The van der Waals surface area contributed by atoms with Crippen LogP contribution in [0.4, 0.5) is 8.78 Å². The standard InChI is InChI=1S/C6H11F2N/c1-6(2)3-9-5(8)4(6)7/h4-5,9H,3H2,1-2H3. The van der Waals surface area contributed by atoms with Crippen LogP contribution in [0.1, 0.15) is 13.8 Å². The molecule has 0 aromatic carbocycles. The first-order chi connectivity index (χ1) is 4.04. The topological polar surface area (TPSA) is 12.0 Å². The smallest absolute Gasteiger partial charge is 0.183 e. The molecule has 1 fully saturated rings. The van der Waals surface area contributed by atoms with E-state index in [4.69, 9.17) is 0 Å². The predicted molar refractivity (Wildman–Crippen MR) is 31.6 cm³/mol.